The van der Waals surface area contributed by atoms with Crippen LogP contribution in [0.2, 0.25) is 0 Å². The quantitative estimate of drug-likeness (QED) is 0.353. The predicted molar refractivity (Wildman–Crippen MR) is 143 cm³/mol. The maximum Gasteiger partial charge on any atom is 0.334 e. The van der Waals surface area contributed by atoms with Gasteiger partial charge in [-0.25, -0.2) is 9.59 Å². The number of cyclic esters (lactones) is 1. The average Bonchev–Trinajstić information content (AvgIpc) is 3.77. The Morgan fingerprint density at radius 1 is 1.05 bits per heavy atom. The number of hydrogen-bond donors (Lipinski definition) is 2. The smallest absolute Gasteiger partial charge is 0.334 e. The molecule has 10 atom stereocenters. The first-order valence-corrected chi connectivity index (χ1v) is 14.8. The van der Waals surface area contributed by atoms with Crippen molar-refractivity contribution < 1.29 is 38.1 Å². The van der Waals surface area contributed by atoms with Crippen LogP contribution in [0.5, 0.6) is 0 Å². The first kappa shape index (κ1) is 28.1. The van der Waals surface area contributed by atoms with Gasteiger partial charge >= 0.3 is 11.9 Å². The molecule has 0 bridgehead atoms. The molecule has 6 rings (SSSR count). The van der Waals surface area contributed by atoms with Gasteiger partial charge in [-0.05, 0) is 43.1 Å². The van der Waals surface area contributed by atoms with Crippen molar-refractivity contribution in [3.8, 4) is 0 Å². The van der Waals surface area contributed by atoms with E-state index in [1.807, 2.05) is 34.6 Å². The van der Waals surface area contributed by atoms with E-state index in [0.717, 1.165) is 17.6 Å². The number of nitrogens with one attached hydrogen (secondary N) is 1. The summed E-state index contributed by atoms with van der Waals surface area (Å²) in [5.41, 5.74) is 4.98. The van der Waals surface area contributed by atoms with Gasteiger partial charge in [-0.2, -0.15) is 0 Å². The molecule has 0 aromatic heterocycles. The van der Waals surface area contributed by atoms with Gasteiger partial charge in [0.15, 0.2) is 6.10 Å². The van der Waals surface area contributed by atoms with Crippen LogP contribution in [0.4, 0.5) is 0 Å². The lowest BCUT2D eigenvalue weighted by atomic mass is 9.49. The topological polar surface area (TPSA) is 142 Å². The molecule has 0 radical (unpaired) electrons. The fourth-order valence-electron chi connectivity index (χ4n) is 8.53. The molecule has 3 saturated heterocycles. The number of epoxide rings is 2. The van der Waals surface area contributed by atoms with E-state index < -0.39 is 41.0 Å². The molecule has 10 nitrogen and oxygen atoms in total. The normalized spacial score (nSPS) is 44.1. The van der Waals surface area contributed by atoms with Crippen LogP contribution < -0.4 is 11.1 Å². The zero-order valence-corrected chi connectivity index (χ0v) is 24.9. The molecule has 1 amide bonds. The minimum absolute atomic E-state index is 0.0198. The highest BCUT2D eigenvalue weighted by Gasteiger charge is 2.94. The van der Waals surface area contributed by atoms with Gasteiger partial charge < -0.3 is 34.7 Å². The Morgan fingerprint density at radius 3 is 2.38 bits per heavy atom. The van der Waals surface area contributed by atoms with Crippen LogP contribution in [-0.2, 0) is 38.1 Å². The van der Waals surface area contributed by atoms with E-state index in [1.54, 1.807) is 0 Å². The summed E-state index contributed by atoms with van der Waals surface area (Å²) in [4.78, 5) is 39.1. The molecule has 1 saturated carbocycles. The Hall–Kier alpha value is -2.01. The average molecular weight is 561 g/mol. The molecule has 0 aromatic rings. The van der Waals surface area contributed by atoms with E-state index in [4.69, 9.17) is 29.4 Å². The largest absolute Gasteiger partial charge is 0.458 e. The molecule has 4 heterocycles. The molecule has 1 unspecified atom stereocenters. The summed E-state index contributed by atoms with van der Waals surface area (Å²) in [6.45, 7) is 16.5. The summed E-state index contributed by atoms with van der Waals surface area (Å²) >= 11 is 0. The first-order valence-electron chi connectivity index (χ1n) is 14.8. The summed E-state index contributed by atoms with van der Waals surface area (Å²) < 4.78 is 31.8. The summed E-state index contributed by atoms with van der Waals surface area (Å²) in [6.07, 6.45) is 0.157. The fourth-order valence-corrected chi connectivity index (χ4v) is 8.53. The minimum Gasteiger partial charge on any atom is -0.458 e. The molecule has 40 heavy (non-hydrogen) atoms. The third-order valence-corrected chi connectivity index (χ3v) is 11.1. The van der Waals surface area contributed by atoms with E-state index in [9.17, 15) is 14.4 Å². The second-order valence-corrected chi connectivity index (χ2v) is 14.1. The van der Waals surface area contributed by atoms with Crippen LogP contribution in [0.3, 0.4) is 0 Å². The van der Waals surface area contributed by atoms with Crippen LogP contribution in [0.15, 0.2) is 11.1 Å². The number of hydrogen-bond acceptors (Lipinski definition) is 9. The van der Waals surface area contributed by atoms with Gasteiger partial charge in [0.05, 0.1) is 12.6 Å². The SMILES string of the molecule is CC(C)[C@@H](N)C(=O)N[C@@H](C(=O)O[C@@H]1C2(C(C)C)O[C@H]2[C@@H]2O[C@@]23[C@@]2(C)CCC4=C(COC4=O)[C@@H]2CO[C@]13C)C(C)C. The highest BCUT2D eigenvalue weighted by atomic mass is 16.7. The molecule has 0 aromatic carbocycles. The fraction of sp³-hybridized carbons (Fsp3) is 0.833. The Morgan fingerprint density at radius 2 is 1.75 bits per heavy atom. The zero-order valence-electron chi connectivity index (χ0n) is 24.9. The molecule has 4 fully saturated rings. The molecule has 6 aliphatic rings. The number of rotatable bonds is 7. The summed E-state index contributed by atoms with van der Waals surface area (Å²) in [5, 5.41) is 2.84. The van der Waals surface area contributed by atoms with Gasteiger partial charge in [-0.3, -0.25) is 4.79 Å². The number of amides is 1. The van der Waals surface area contributed by atoms with Crippen molar-refractivity contribution in [2.75, 3.05) is 13.2 Å². The van der Waals surface area contributed by atoms with Crippen molar-refractivity contribution in [2.45, 2.75) is 115 Å². The number of carbonyl (C=O) groups excluding carboxylic acids is 3. The second kappa shape index (κ2) is 8.75. The van der Waals surface area contributed by atoms with E-state index in [1.165, 1.54) is 0 Å². The number of nitrogens with two attached hydrogens (primary N) is 1. The zero-order chi connectivity index (χ0) is 29.2. The number of esters is 2. The molecular formula is C30H44N2O8. The Balaban J connectivity index is 1.35. The van der Waals surface area contributed by atoms with Gasteiger partial charge in [-0.1, -0.05) is 48.5 Å². The Bertz CT molecular complexity index is 1180. The van der Waals surface area contributed by atoms with Crippen molar-refractivity contribution >= 4 is 17.8 Å². The second-order valence-electron chi connectivity index (χ2n) is 14.1. The lowest BCUT2D eigenvalue weighted by Gasteiger charge is -2.60. The number of ether oxygens (including phenoxy) is 5. The Labute approximate surface area is 236 Å². The van der Waals surface area contributed by atoms with Gasteiger partial charge in [0.2, 0.25) is 5.91 Å². The Kier molecular flexibility index (Phi) is 6.15. The maximum absolute atomic E-state index is 13.9. The third kappa shape index (κ3) is 3.33. The monoisotopic (exact) mass is 560 g/mol. The van der Waals surface area contributed by atoms with Crippen LogP contribution in [0, 0.1) is 29.1 Å². The van der Waals surface area contributed by atoms with Gasteiger partial charge in [-0.15, -0.1) is 0 Å². The lowest BCUT2D eigenvalue weighted by Crippen LogP contribution is -2.75. The summed E-state index contributed by atoms with van der Waals surface area (Å²) in [7, 11) is 0. The molecule has 4 aliphatic heterocycles. The standard InChI is InChI=1S/C30H44N2O8/c1-13(2)19(31)23(33)32-20(14(3)4)25(35)38-26-28(8)30(22(40-30)21-29(26,39-21)15(5)6)27(7)10-9-16-17(11-36-24(16)34)18(27)12-37-28/h13-15,18-22,26H,9-12,31H2,1-8H3,(H,32,33)/t18-,19+,20+,21-,22-,26-,27-,28+,29?,30+/m0/s1. The van der Waals surface area contributed by atoms with Crippen molar-refractivity contribution in [3.05, 3.63) is 11.1 Å². The molecule has 10 heteroatoms. The lowest BCUT2D eigenvalue weighted by molar-refractivity contribution is -0.260. The van der Waals surface area contributed by atoms with Crippen LogP contribution in [0.1, 0.15) is 68.2 Å². The molecule has 222 valence electrons. The van der Waals surface area contributed by atoms with E-state index in [2.05, 4.69) is 26.1 Å². The van der Waals surface area contributed by atoms with Crippen molar-refractivity contribution in [2.24, 2.45) is 34.8 Å². The van der Waals surface area contributed by atoms with Crippen molar-refractivity contribution in [3.63, 3.8) is 0 Å². The number of carbonyl (C=O) groups is 3. The minimum atomic E-state index is -1.00. The highest BCUT2D eigenvalue weighted by molar-refractivity contribution is 5.92. The van der Waals surface area contributed by atoms with Crippen molar-refractivity contribution in [1.82, 2.24) is 5.32 Å². The highest BCUT2D eigenvalue weighted by Crippen LogP contribution is 2.77. The third-order valence-electron chi connectivity index (χ3n) is 11.1. The van der Waals surface area contributed by atoms with Crippen LogP contribution in [-0.4, -0.2) is 78.3 Å². The predicted octanol–water partition coefficient (Wildman–Crippen LogP) is 2.03. The molecule has 3 N–H and O–H groups in total. The van der Waals surface area contributed by atoms with Crippen LogP contribution >= 0.6 is 0 Å². The van der Waals surface area contributed by atoms with Crippen molar-refractivity contribution in [1.29, 1.82) is 0 Å². The van der Waals surface area contributed by atoms with E-state index in [0.29, 0.717) is 13.0 Å². The first-order chi connectivity index (χ1) is 18.7. The van der Waals surface area contributed by atoms with Gasteiger partial charge in [0.25, 0.3) is 0 Å². The van der Waals surface area contributed by atoms with Gasteiger partial charge in [0, 0.05) is 16.9 Å². The molecule has 1 spiro atoms. The summed E-state index contributed by atoms with van der Waals surface area (Å²) in [6, 6.07) is -1.62. The van der Waals surface area contributed by atoms with E-state index in [-0.39, 0.29) is 59.8 Å². The maximum atomic E-state index is 13.9. The molecular weight excluding hydrogens is 516 g/mol. The van der Waals surface area contributed by atoms with Crippen LogP contribution in [0.25, 0.3) is 0 Å². The molecule has 2 aliphatic carbocycles. The number of fused-ring (bicyclic) bond motifs is 4. The van der Waals surface area contributed by atoms with Gasteiger partial charge in [0.1, 0.15) is 41.7 Å². The summed E-state index contributed by atoms with van der Waals surface area (Å²) in [5.74, 6) is -1.47. The van der Waals surface area contributed by atoms with E-state index >= 15 is 0 Å².